The van der Waals surface area contributed by atoms with Crippen molar-refractivity contribution in [2.24, 2.45) is 5.92 Å². The maximum Gasteiger partial charge on any atom is 0.255 e. The molecule has 148 valence electrons. The molecule has 1 aliphatic carbocycles. The van der Waals surface area contributed by atoms with Gasteiger partial charge in [-0.15, -0.1) is 0 Å². The molecule has 2 N–H and O–H groups in total. The molecule has 0 unspecified atom stereocenters. The smallest absolute Gasteiger partial charge is 0.255 e. The van der Waals surface area contributed by atoms with Crippen LogP contribution in [0.5, 0.6) is 0 Å². The number of benzene rings is 2. The van der Waals surface area contributed by atoms with Gasteiger partial charge in [0.25, 0.3) is 15.9 Å². The predicted molar refractivity (Wildman–Crippen MR) is 113 cm³/mol. The van der Waals surface area contributed by atoms with Crippen LogP contribution >= 0.6 is 0 Å². The Morgan fingerprint density at radius 1 is 0.964 bits per heavy atom. The third kappa shape index (κ3) is 6.23. The van der Waals surface area contributed by atoms with Crippen molar-refractivity contribution in [2.75, 3.05) is 11.3 Å². The Hall–Kier alpha value is -2.60. The molecular formula is C22H26N2O3S. The fourth-order valence-corrected chi connectivity index (χ4v) is 4.22. The van der Waals surface area contributed by atoms with Gasteiger partial charge in [0.2, 0.25) is 0 Å². The molecule has 1 saturated carbocycles. The summed E-state index contributed by atoms with van der Waals surface area (Å²) in [6.07, 6.45) is 7.68. The van der Waals surface area contributed by atoms with Gasteiger partial charge in [-0.3, -0.25) is 9.52 Å². The zero-order chi connectivity index (χ0) is 19.8. The number of amides is 1. The maximum atomic E-state index is 12.3. The average Bonchev–Trinajstić information content (AvgIpc) is 2.72. The molecule has 0 radical (unpaired) electrons. The molecule has 28 heavy (non-hydrogen) atoms. The summed E-state index contributed by atoms with van der Waals surface area (Å²) < 4.78 is 26.9. The third-order valence-electron chi connectivity index (χ3n) is 4.92. The molecular weight excluding hydrogens is 372 g/mol. The normalized spacial score (nSPS) is 15.4. The molecule has 0 heterocycles. The summed E-state index contributed by atoms with van der Waals surface area (Å²) in [4.78, 5) is 12.3. The van der Waals surface area contributed by atoms with Crippen molar-refractivity contribution in [2.45, 2.75) is 32.1 Å². The van der Waals surface area contributed by atoms with E-state index in [2.05, 4.69) is 10.0 Å². The molecule has 1 fully saturated rings. The number of hydrogen-bond acceptors (Lipinski definition) is 3. The summed E-state index contributed by atoms with van der Waals surface area (Å²) >= 11 is 0. The van der Waals surface area contributed by atoms with Crippen molar-refractivity contribution in [3.05, 3.63) is 71.1 Å². The van der Waals surface area contributed by atoms with Crippen molar-refractivity contribution in [3.63, 3.8) is 0 Å². The van der Waals surface area contributed by atoms with Crippen molar-refractivity contribution in [3.8, 4) is 0 Å². The number of carbonyl (C=O) groups excluding carboxylic acids is 1. The van der Waals surface area contributed by atoms with E-state index in [-0.39, 0.29) is 5.91 Å². The first-order valence-corrected chi connectivity index (χ1v) is 11.2. The van der Waals surface area contributed by atoms with Crippen LogP contribution in [0.15, 0.2) is 60.0 Å². The fraction of sp³-hybridized carbons (Fsp3) is 0.318. The zero-order valence-electron chi connectivity index (χ0n) is 15.8. The van der Waals surface area contributed by atoms with E-state index >= 15 is 0 Å². The molecule has 2 aromatic carbocycles. The quantitative estimate of drug-likeness (QED) is 0.725. The summed E-state index contributed by atoms with van der Waals surface area (Å²) in [6.45, 7) is 0.706. The second-order valence-electron chi connectivity index (χ2n) is 7.15. The molecule has 2 aromatic rings. The van der Waals surface area contributed by atoms with Gasteiger partial charge in [-0.05, 0) is 54.7 Å². The number of nitrogens with one attached hydrogen (secondary N) is 2. The van der Waals surface area contributed by atoms with E-state index in [4.69, 9.17) is 0 Å². The van der Waals surface area contributed by atoms with Gasteiger partial charge in [0.15, 0.2) is 0 Å². The van der Waals surface area contributed by atoms with Gasteiger partial charge >= 0.3 is 0 Å². The maximum absolute atomic E-state index is 12.3. The van der Waals surface area contributed by atoms with Gasteiger partial charge in [-0.1, -0.05) is 49.6 Å². The Kier molecular flexibility index (Phi) is 6.87. The first-order valence-electron chi connectivity index (χ1n) is 9.66. The van der Waals surface area contributed by atoms with Crippen LogP contribution < -0.4 is 10.0 Å². The Balaban J connectivity index is 1.54. The molecule has 0 saturated heterocycles. The molecule has 0 spiro atoms. The van der Waals surface area contributed by atoms with Crippen molar-refractivity contribution in [1.29, 1.82) is 0 Å². The van der Waals surface area contributed by atoms with E-state index in [1.54, 1.807) is 24.3 Å². The van der Waals surface area contributed by atoms with E-state index in [1.807, 2.05) is 30.3 Å². The zero-order valence-corrected chi connectivity index (χ0v) is 16.6. The molecule has 1 amide bonds. The van der Waals surface area contributed by atoms with Crippen LogP contribution in [0.2, 0.25) is 0 Å². The molecule has 1 aliphatic rings. The molecule has 6 heteroatoms. The van der Waals surface area contributed by atoms with Gasteiger partial charge in [-0.25, -0.2) is 8.42 Å². The number of anilines is 1. The van der Waals surface area contributed by atoms with E-state index in [1.165, 1.54) is 38.2 Å². The van der Waals surface area contributed by atoms with Gasteiger partial charge < -0.3 is 5.32 Å². The number of hydrogen-bond donors (Lipinski definition) is 2. The lowest BCUT2D eigenvalue weighted by molar-refractivity contribution is 0.0943. The summed E-state index contributed by atoms with van der Waals surface area (Å²) in [5.74, 6) is 0.448. The lowest BCUT2D eigenvalue weighted by Crippen LogP contribution is -2.30. The van der Waals surface area contributed by atoms with Crippen molar-refractivity contribution >= 4 is 27.7 Å². The monoisotopic (exact) mass is 398 g/mol. The first-order chi connectivity index (χ1) is 13.5. The Labute approximate surface area is 166 Å². The van der Waals surface area contributed by atoms with Crippen molar-refractivity contribution in [1.82, 2.24) is 5.32 Å². The van der Waals surface area contributed by atoms with Gasteiger partial charge in [0.1, 0.15) is 0 Å². The van der Waals surface area contributed by atoms with E-state index in [0.717, 1.165) is 11.0 Å². The number of carbonyl (C=O) groups is 1. The topological polar surface area (TPSA) is 75.3 Å². The largest absolute Gasteiger partial charge is 0.352 e. The highest BCUT2D eigenvalue weighted by atomic mass is 32.2. The highest BCUT2D eigenvalue weighted by Crippen LogP contribution is 2.23. The van der Waals surface area contributed by atoms with Crippen LogP contribution in [0.4, 0.5) is 5.69 Å². The minimum Gasteiger partial charge on any atom is -0.352 e. The Morgan fingerprint density at radius 3 is 2.32 bits per heavy atom. The Morgan fingerprint density at radius 2 is 1.64 bits per heavy atom. The third-order valence-corrected chi connectivity index (χ3v) is 5.94. The minimum atomic E-state index is -3.62. The predicted octanol–water partition coefficient (Wildman–Crippen LogP) is 4.41. The van der Waals surface area contributed by atoms with Crippen LogP contribution in [0.25, 0.3) is 6.08 Å². The van der Waals surface area contributed by atoms with Crippen molar-refractivity contribution < 1.29 is 13.2 Å². The minimum absolute atomic E-state index is 0.121. The Bertz CT molecular complexity index is 901. The van der Waals surface area contributed by atoms with Gasteiger partial charge in [0, 0.05) is 17.8 Å². The molecule has 0 atom stereocenters. The van der Waals surface area contributed by atoms with Gasteiger partial charge in [0.05, 0.1) is 5.41 Å². The number of rotatable bonds is 7. The standard InChI is InChI=1S/C22H26N2O3S/c25-22(23-17-19-9-5-2-6-10-19)20-11-13-21(14-12-20)24-28(26,27)16-15-18-7-3-1-4-8-18/h1,3-4,7-8,11-16,19,24H,2,5-6,9-10,17H2,(H,23,25). The number of sulfonamides is 1. The van der Waals surface area contributed by atoms with Gasteiger partial charge in [-0.2, -0.15) is 0 Å². The van der Waals surface area contributed by atoms with E-state index < -0.39 is 10.0 Å². The molecule has 0 bridgehead atoms. The molecule has 5 nitrogen and oxygen atoms in total. The van der Waals surface area contributed by atoms with E-state index in [9.17, 15) is 13.2 Å². The van der Waals surface area contributed by atoms with Crippen LogP contribution in [0.3, 0.4) is 0 Å². The van der Waals surface area contributed by atoms with Crippen LogP contribution in [-0.4, -0.2) is 20.9 Å². The SMILES string of the molecule is O=C(NCC1CCCCC1)c1ccc(NS(=O)(=O)C=Cc2ccccc2)cc1. The summed E-state index contributed by atoms with van der Waals surface area (Å²) in [5, 5.41) is 4.12. The average molecular weight is 399 g/mol. The lowest BCUT2D eigenvalue weighted by Gasteiger charge is -2.21. The molecule has 3 rings (SSSR count). The van der Waals surface area contributed by atoms with E-state index in [0.29, 0.717) is 23.7 Å². The second-order valence-corrected chi connectivity index (χ2v) is 8.72. The van der Waals surface area contributed by atoms with Crippen LogP contribution in [-0.2, 0) is 10.0 Å². The highest BCUT2D eigenvalue weighted by molar-refractivity contribution is 7.95. The first kappa shape index (κ1) is 20.1. The molecule has 0 aromatic heterocycles. The summed E-state index contributed by atoms with van der Waals surface area (Å²) in [6, 6.07) is 15.7. The van der Waals surface area contributed by atoms with Crippen LogP contribution in [0, 0.1) is 5.92 Å². The molecule has 0 aliphatic heterocycles. The highest BCUT2D eigenvalue weighted by Gasteiger charge is 2.15. The summed E-state index contributed by atoms with van der Waals surface area (Å²) in [5.41, 5.74) is 1.75. The summed E-state index contributed by atoms with van der Waals surface area (Å²) in [7, 11) is -3.62. The lowest BCUT2D eigenvalue weighted by atomic mass is 9.89. The fourth-order valence-electron chi connectivity index (χ4n) is 3.35. The second kappa shape index (κ2) is 9.55. The van der Waals surface area contributed by atoms with Crippen LogP contribution in [0.1, 0.15) is 48.0 Å².